The minimum Gasteiger partial charge on any atom is -0.463 e. The number of fused-ring (bicyclic) bond motifs is 1. The summed E-state index contributed by atoms with van der Waals surface area (Å²) < 4.78 is 13.4. The number of furan rings is 1. The van der Waals surface area contributed by atoms with Crippen molar-refractivity contribution in [2.24, 2.45) is 4.99 Å². The van der Waals surface area contributed by atoms with E-state index < -0.39 is 12.0 Å². The second-order valence-electron chi connectivity index (χ2n) is 9.34. The molecule has 0 spiro atoms. The lowest BCUT2D eigenvalue weighted by Gasteiger charge is -2.25. The number of benzene rings is 2. The molecule has 38 heavy (non-hydrogen) atoms. The first kappa shape index (κ1) is 25.9. The van der Waals surface area contributed by atoms with E-state index in [2.05, 4.69) is 18.8 Å². The summed E-state index contributed by atoms with van der Waals surface area (Å²) in [5, 5.41) is 0.614. The van der Waals surface area contributed by atoms with Crippen molar-refractivity contribution >= 4 is 35.0 Å². The van der Waals surface area contributed by atoms with Gasteiger partial charge in [-0.1, -0.05) is 73.2 Å². The molecule has 0 bridgehead atoms. The van der Waals surface area contributed by atoms with Gasteiger partial charge in [-0.15, -0.1) is 0 Å². The maximum Gasteiger partial charge on any atom is 0.338 e. The van der Waals surface area contributed by atoms with Gasteiger partial charge in [-0.2, -0.15) is 0 Å². The van der Waals surface area contributed by atoms with Crippen molar-refractivity contribution in [3.63, 3.8) is 0 Å². The Kier molecular flexibility index (Phi) is 7.23. The van der Waals surface area contributed by atoms with E-state index in [4.69, 9.17) is 20.8 Å². The van der Waals surface area contributed by atoms with Crippen LogP contribution in [0.2, 0.25) is 5.02 Å². The van der Waals surface area contributed by atoms with Crippen LogP contribution in [0.4, 0.5) is 0 Å². The summed E-state index contributed by atoms with van der Waals surface area (Å²) in [6, 6.07) is 18.4. The van der Waals surface area contributed by atoms with Gasteiger partial charge in [-0.25, -0.2) is 9.79 Å². The molecule has 5 rings (SSSR count). The van der Waals surface area contributed by atoms with Crippen molar-refractivity contribution in [3.8, 4) is 11.3 Å². The van der Waals surface area contributed by atoms with Gasteiger partial charge in [-0.3, -0.25) is 9.36 Å². The molecule has 0 N–H and O–H groups in total. The van der Waals surface area contributed by atoms with E-state index in [0.29, 0.717) is 43.1 Å². The quantitative estimate of drug-likeness (QED) is 0.285. The Hall–Kier alpha value is -3.68. The van der Waals surface area contributed by atoms with Gasteiger partial charge < -0.3 is 9.15 Å². The molecule has 0 fully saturated rings. The van der Waals surface area contributed by atoms with Gasteiger partial charge in [0.1, 0.15) is 11.5 Å². The average molecular weight is 547 g/mol. The van der Waals surface area contributed by atoms with Crippen molar-refractivity contribution in [3.05, 3.63) is 114 Å². The molecule has 3 heterocycles. The molecule has 0 saturated heterocycles. The first-order valence-electron chi connectivity index (χ1n) is 12.4. The molecule has 194 valence electrons. The first-order chi connectivity index (χ1) is 18.3. The fourth-order valence-corrected chi connectivity index (χ4v) is 5.74. The Bertz CT molecular complexity index is 1720. The Morgan fingerprint density at radius 1 is 1.18 bits per heavy atom. The zero-order chi connectivity index (χ0) is 27.0. The van der Waals surface area contributed by atoms with Crippen LogP contribution in [-0.2, 0) is 9.53 Å². The third-order valence-corrected chi connectivity index (χ3v) is 7.66. The summed E-state index contributed by atoms with van der Waals surface area (Å²) in [6.45, 7) is 8.02. The molecule has 8 heteroatoms. The van der Waals surface area contributed by atoms with Crippen LogP contribution in [0.15, 0.2) is 86.1 Å². The standard InChI is InChI=1S/C30H27ClN2O4S/c1-5-36-29(35)26-18(4)32-30-33(27(26)20-11-9-19(10-12-20)17(2)3)28(34)25(38-30)16-23-13-14-24(37-23)21-7-6-8-22(31)15-21/h6-17,27H,5H2,1-4H3. The molecular formula is C30H27ClN2O4S. The van der Waals surface area contributed by atoms with Gasteiger partial charge in [0, 0.05) is 16.7 Å². The molecule has 2 aromatic carbocycles. The van der Waals surface area contributed by atoms with Gasteiger partial charge >= 0.3 is 5.97 Å². The third-order valence-electron chi connectivity index (χ3n) is 6.45. The van der Waals surface area contributed by atoms with Crippen LogP contribution in [0.25, 0.3) is 17.4 Å². The molecule has 4 aromatic rings. The molecule has 1 unspecified atom stereocenters. The van der Waals surface area contributed by atoms with E-state index in [9.17, 15) is 9.59 Å². The van der Waals surface area contributed by atoms with Gasteiger partial charge in [0.2, 0.25) is 0 Å². The molecule has 1 aliphatic heterocycles. The molecule has 0 amide bonds. The molecule has 1 atom stereocenters. The molecule has 0 radical (unpaired) electrons. The highest BCUT2D eigenvalue weighted by molar-refractivity contribution is 7.07. The van der Waals surface area contributed by atoms with E-state index in [-0.39, 0.29) is 12.2 Å². The Labute approximate surface area is 229 Å². The van der Waals surface area contributed by atoms with Crippen molar-refractivity contribution < 1.29 is 13.9 Å². The van der Waals surface area contributed by atoms with Gasteiger partial charge in [-0.05, 0) is 55.2 Å². The van der Waals surface area contributed by atoms with E-state index in [1.54, 1.807) is 30.6 Å². The fourth-order valence-electron chi connectivity index (χ4n) is 4.53. The smallest absolute Gasteiger partial charge is 0.338 e. The average Bonchev–Trinajstić information content (AvgIpc) is 3.48. The highest BCUT2D eigenvalue weighted by Gasteiger charge is 2.33. The molecule has 0 saturated carbocycles. The number of thiazole rings is 1. The monoisotopic (exact) mass is 546 g/mol. The summed E-state index contributed by atoms with van der Waals surface area (Å²) in [5.41, 5.74) is 3.49. The van der Waals surface area contributed by atoms with Crippen LogP contribution in [0.5, 0.6) is 0 Å². The second kappa shape index (κ2) is 10.6. The van der Waals surface area contributed by atoms with Crippen molar-refractivity contribution in [1.82, 2.24) is 4.57 Å². The van der Waals surface area contributed by atoms with Crippen LogP contribution in [0.1, 0.15) is 56.5 Å². The lowest BCUT2D eigenvalue weighted by atomic mass is 9.93. The van der Waals surface area contributed by atoms with Gasteiger partial charge in [0.15, 0.2) is 4.80 Å². The van der Waals surface area contributed by atoms with Crippen LogP contribution in [0.3, 0.4) is 0 Å². The minimum absolute atomic E-state index is 0.229. The second-order valence-corrected chi connectivity index (χ2v) is 10.8. The predicted octanol–water partition coefficient (Wildman–Crippen LogP) is 5.84. The van der Waals surface area contributed by atoms with Crippen molar-refractivity contribution in [2.45, 2.75) is 39.7 Å². The maximum atomic E-state index is 13.8. The highest BCUT2D eigenvalue weighted by atomic mass is 35.5. The maximum absolute atomic E-state index is 13.8. The summed E-state index contributed by atoms with van der Waals surface area (Å²) in [7, 11) is 0. The number of aromatic nitrogens is 1. The Morgan fingerprint density at radius 3 is 2.63 bits per heavy atom. The zero-order valence-electron chi connectivity index (χ0n) is 21.5. The first-order valence-corrected chi connectivity index (χ1v) is 13.6. The normalized spacial score (nSPS) is 15.5. The molecule has 2 aromatic heterocycles. The number of carbonyl (C=O) groups excluding carboxylic acids is 1. The summed E-state index contributed by atoms with van der Waals surface area (Å²) in [6.07, 6.45) is 1.71. The van der Waals surface area contributed by atoms with Crippen LogP contribution < -0.4 is 14.9 Å². The number of rotatable bonds is 6. The van der Waals surface area contributed by atoms with Crippen LogP contribution in [-0.4, -0.2) is 17.1 Å². The van der Waals surface area contributed by atoms with E-state index in [1.807, 2.05) is 54.6 Å². The summed E-state index contributed by atoms with van der Waals surface area (Å²) in [5.74, 6) is 1.07. The number of nitrogens with zero attached hydrogens (tertiary/aromatic N) is 2. The van der Waals surface area contributed by atoms with Crippen molar-refractivity contribution in [1.29, 1.82) is 0 Å². The van der Waals surface area contributed by atoms with Crippen LogP contribution in [0, 0.1) is 0 Å². The van der Waals surface area contributed by atoms with Crippen LogP contribution >= 0.6 is 22.9 Å². The topological polar surface area (TPSA) is 73.8 Å². The van der Waals surface area contributed by atoms with E-state index >= 15 is 0 Å². The molecule has 6 nitrogen and oxygen atoms in total. The molecule has 1 aliphatic rings. The number of allylic oxidation sites excluding steroid dienone is 1. The number of ether oxygens (including phenoxy) is 1. The third kappa shape index (κ3) is 4.91. The highest BCUT2D eigenvalue weighted by Crippen LogP contribution is 2.31. The van der Waals surface area contributed by atoms with Gasteiger partial charge in [0.05, 0.1) is 28.5 Å². The summed E-state index contributed by atoms with van der Waals surface area (Å²) in [4.78, 5) is 32.0. The van der Waals surface area contributed by atoms with E-state index in [0.717, 1.165) is 11.1 Å². The largest absolute Gasteiger partial charge is 0.463 e. The van der Waals surface area contributed by atoms with Crippen molar-refractivity contribution in [2.75, 3.05) is 6.61 Å². The van der Waals surface area contributed by atoms with E-state index in [1.165, 1.54) is 16.9 Å². The lowest BCUT2D eigenvalue weighted by Crippen LogP contribution is -2.39. The Morgan fingerprint density at radius 2 is 1.95 bits per heavy atom. The SMILES string of the molecule is CCOC(=O)C1=C(C)N=c2sc(=Cc3ccc(-c4cccc(Cl)c4)o3)c(=O)n2C1c1ccc(C(C)C)cc1. The lowest BCUT2D eigenvalue weighted by molar-refractivity contribution is -0.139. The number of carbonyl (C=O) groups is 1. The van der Waals surface area contributed by atoms with Gasteiger partial charge in [0.25, 0.3) is 5.56 Å². The zero-order valence-corrected chi connectivity index (χ0v) is 23.1. The summed E-state index contributed by atoms with van der Waals surface area (Å²) >= 11 is 7.39. The number of esters is 1. The predicted molar refractivity (Wildman–Crippen MR) is 150 cm³/mol. The fraction of sp³-hybridized carbons (Fsp3) is 0.233. The minimum atomic E-state index is -0.646. The number of hydrogen-bond donors (Lipinski definition) is 0. The number of halogens is 1. The molecular weight excluding hydrogens is 520 g/mol. The Balaban J connectivity index is 1.63. The molecule has 0 aliphatic carbocycles. The number of hydrogen-bond acceptors (Lipinski definition) is 6.